The molecule has 7 nitrogen and oxygen atoms in total. The van der Waals surface area contributed by atoms with Crippen molar-refractivity contribution in [3.63, 3.8) is 0 Å². The highest BCUT2D eigenvalue weighted by molar-refractivity contribution is 7.89. The Morgan fingerprint density at radius 1 is 1.41 bits per heavy atom. The molecule has 1 aliphatic rings. The number of carbonyl (C=O) groups is 1. The van der Waals surface area contributed by atoms with Gasteiger partial charge in [0, 0.05) is 13.1 Å². The molecule has 0 amide bonds. The molecule has 0 saturated carbocycles. The third-order valence-corrected chi connectivity index (χ3v) is 5.40. The third kappa shape index (κ3) is 4.01. The summed E-state index contributed by atoms with van der Waals surface area (Å²) in [6.45, 7) is 1.81. The highest BCUT2D eigenvalue weighted by Gasteiger charge is 2.32. The van der Waals surface area contributed by atoms with Crippen LogP contribution in [0.2, 0.25) is 0 Å². The molecule has 2 rings (SSSR count). The molecule has 1 aliphatic heterocycles. The highest BCUT2D eigenvalue weighted by Crippen LogP contribution is 2.24. The minimum Gasteiger partial charge on any atom is -0.463 e. The summed E-state index contributed by atoms with van der Waals surface area (Å²) >= 11 is 0. The van der Waals surface area contributed by atoms with E-state index in [9.17, 15) is 13.2 Å². The fourth-order valence-electron chi connectivity index (χ4n) is 2.44. The zero-order valence-electron chi connectivity index (χ0n) is 12.6. The zero-order valence-corrected chi connectivity index (χ0v) is 14.2. The van der Waals surface area contributed by atoms with E-state index in [-0.39, 0.29) is 23.3 Å². The van der Waals surface area contributed by atoms with Crippen LogP contribution >= 0.6 is 12.4 Å². The summed E-state index contributed by atoms with van der Waals surface area (Å²) in [5.41, 5.74) is 0. The van der Waals surface area contributed by atoms with Crippen molar-refractivity contribution in [2.45, 2.75) is 17.9 Å². The summed E-state index contributed by atoms with van der Waals surface area (Å²) in [4.78, 5) is 11.3. The number of carbonyl (C=O) groups excluding carboxylic acids is 1. The SMILES string of the molecule is CNCC1CCN(S(=O)(=O)c2ccc(C(=O)OC)o2)CC1.Cl. The predicted octanol–water partition coefficient (Wildman–Crippen LogP) is 1.11. The Hall–Kier alpha value is -1.09. The van der Waals surface area contributed by atoms with Gasteiger partial charge in [-0.05, 0) is 44.5 Å². The van der Waals surface area contributed by atoms with Crippen LogP contribution in [0, 0.1) is 5.92 Å². The fourth-order valence-corrected chi connectivity index (χ4v) is 3.82. The molecular weight excluding hydrogens is 332 g/mol. The topological polar surface area (TPSA) is 88.9 Å². The number of halogens is 1. The number of methoxy groups -OCH3 is 1. The number of furan rings is 1. The number of hydrogen-bond donors (Lipinski definition) is 1. The third-order valence-electron chi connectivity index (χ3n) is 3.63. The molecule has 0 radical (unpaired) electrons. The molecule has 1 fully saturated rings. The Kier molecular flexibility index (Phi) is 6.86. The van der Waals surface area contributed by atoms with Gasteiger partial charge in [0.2, 0.25) is 10.9 Å². The van der Waals surface area contributed by atoms with E-state index in [1.54, 1.807) is 0 Å². The first kappa shape index (κ1) is 19.0. The van der Waals surface area contributed by atoms with Crippen molar-refractivity contribution in [1.29, 1.82) is 0 Å². The van der Waals surface area contributed by atoms with Crippen molar-refractivity contribution in [2.24, 2.45) is 5.92 Å². The monoisotopic (exact) mass is 352 g/mol. The van der Waals surface area contributed by atoms with Gasteiger partial charge in [-0.3, -0.25) is 0 Å². The molecule has 9 heteroatoms. The molecule has 126 valence electrons. The lowest BCUT2D eigenvalue weighted by Gasteiger charge is -2.30. The first-order valence-electron chi connectivity index (χ1n) is 6.82. The molecule has 0 aromatic carbocycles. The quantitative estimate of drug-likeness (QED) is 0.798. The van der Waals surface area contributed by atoms with Crippen LogP contribution in [-0.4, -0.2) is 52.5 Å². The number of esters is 1. The molecule has 1 saturated heterocycles. The van der Waals surface area contributed by atoms with E-state index >= 15 is 0 Å². The van der Waals surface area contributed by atoms with Gasteiger partial charge in [-0.25, -0.2) is 13.2 Å². The molecule has 22 heavy (non-hydrogen) atoms. The first-order chi connectivity index (χ1) is 9.98. The second-order valence-electron chi connectivity index (χ2n) is 5.02. The average Bonchev–Trinajstić information content (AvgIpc) is 2.98. The van der Waals surface area contributed by atoms with Gasteiger partial charge in [-0.2, -0.15) is 4.31 Å². The first-order valence-corrected chi connectivity index (χ1v) is 8.26. The lowest BCUT2D eigenvalue weighted by atomic mass is 9.98. The van der Waals surface area contributed by atoms with E-state index in [0.29, 0.717) is 19.0 Å². The molecule has 1 aromatic rings. The molecule has 0 atom stereocenters. The number of rotatable bonds is 5. The zero-order chi connectivity index (χ0) is 15.5. The Balaban J connectivity index is 0.00000242. The van der Waals surface area contributed by atoms with Gasteiger partial charge in [0.15, 0.2) is 0 Å². The van der Waals surface area contributed by atoms with Crippen molar-refractivity contribution in [3.05, 3.63) is 17.9 Å². The maximum absolute atomic E-state index is 12.4. The van der Waals surface area contributed by atoms with Crippen LogP contribution in [0.3, 0.4) is 0 Å². The smallest absolute Gasteiger partial charge is 0.374 e. The molecule has 2 heterocycles. The molecule has 1 aromatic heterocycles. The number of piperidine rings is 1. The summed E-state index contributed by atoms with van der Waals surface area (Å²) in [6, 6.07) is 2.60. The van der Waals surface area contributed by atoms with Crippen molar-refractivity contribution in [3.8, 4) is 0 Å². The fraction of sp³-hybridized carbons (Fsp3) is 0.615. The van der Waals surface area contributed by atoms with Gasteiger partial charge in [-0.15, -0.1) is 12.4 Å². The van der Waals surface area contributed by atoms with Gasteiger partial charge in [0.1, 0.15) is 0 Å². The van der Waals surface area contributed by atoms with Crippen LogP contribution in [-0.2, 0) is 14.8 Å². The van der Waals surface area contributed by atoms with Crippen LogP contribution < -0.4 is 5.32 Å². The van der Waals surface area contributed by atoms with E-state index in [4.69, 9.17) is 4.42 Å². The van der Waals surface area contributed by atoms with Gasteiger partial charge < -0.3 is 14.5 Å². The van der Waals surface area contributed by atoms with E-state index < -0.39 is 16.0 Å². The van der Waals surface area contributed by atoms with Crippen molar-refractivity contribution in [1.82, 2.24) is 9.62 Å². The van der Waals surface area contributed by atoms with Gasteiger partial charge in [0.05, 0.1) is 7.11 Å². The Morgan fingerprint density at radius 2 is 2.05 bits per heavy atom. The highest BCUT2D eigenvalue weighted by atomic mass is 35.5. The Bertz CT molecular complexity index is 593. The maximum atomic E-state index is 12.4. The summed E-state index contributed by atoms with van der Waals surface area (Å²) < 4.78 is 35.9. The Labute approximate surface area is 136 Å². The standard InChI is InChI=1S/C13H20N2O5S.ClH/c1-14-9-10-5-7-15(8-6-10)21(17,18)12-4-3-11(20-12)13(16)19-2;/h3-4,10,14H,5-9H2,1-2H3;1H. The Morgan fingerprint density at radius 3 is 2.59 bits per heavy atom. The van der Waals surface area contributed by atoms with Crippen LogP contribution in [0.1, 0.15) is 23.4 Å². The number of nitrogens with one attached hydrogen (secondary N) is 1. The number of ether oxygens (including phenoxy) is 1. The van der Waals surface area contributed by atoms with E-state index in [2.05, 4.69) is 10.1 Å². The second-order valence-corrected chi connectivity index (χ2v) is 6.88. The largest absolute Gasteiger partial charge is 0.463 e. The molecular formula is C13H21ClN2O5S. The van der Waals surface area contributed by atoms with Crippen molar-refractivity contribution >= 4 is 28.4 Å². The van der Waals surface area contributed by atoms with Crippen LogP contribution in [0.15, 0.2) is 21.6 Å². The maximum Gasteiger partial charge on any atom is 0.374 e. The minimum absolute atomic E-state index is 0. The lowest BCUT2D eigenvalue weighted by molar-refractivity contribution is 0.0558. The molecule has 1 N–H and O–H groups in total. The normalized spacial score (nSPS) is 17.0. The molecule has 0 bridgehead atoms. The van der Waals surface area contributed by atoms with Crippen molar-refractivity contribution < 1.29 is 22.4 Å². The number of sulfonamides is 1. The predicted molar refractivity (Wildman–Crippen MR) is 82.7 cm³/mol. The van der Waals surface area contributed by atoms with Crippen LogP contribution in [0.25, 0.3) is 0 Å². The lowest BCUT2D eigenvalue weighted by Crippen LogP contribution is -2.40. The molecule has 0 spiro atoms. The van der Waals surface area contributed by atoms with Gasteiger partial charge >= 0.3 is 5.97 Å². The van der Waals surface area contributed by atoms with Crippen LogP contribution in [0.4, 0.5) is 0 Å². The van der Waals surface area contributed by atoms with Crippen LogP contribution in [0.5, 0.6) is 0 Å². The molecule has 0 aliphatic carbocycles. The molecule has 0 unspecified atom stereocenters. The summed E-state index contributed by atoms with van der Waals surface area (Å²) in [7, 11) is -0.580. The van der Waals surface area contributed by atoms with E-state index in [1.807, 2.05) is 7.05 Å². The van der Waals surface area contributed by atoms with Crippen molar-refractivity contribution in [2.75, 3.05) is 33.8 Å². The second kappa shape index (κ2) is 7.96. The average molecular weight is 353 g/mol. The van der Waals surface area contributed by atoms with Gasteiger partial charge in [-0.1, -0.05) is 0 Å². The number of nitrogens with zero attached hydrogens (tertiary/aromatic N) is 1. The van der Waals surface area contributed by atoms with E-state index in [0.717, 1.165) is 19.4 Å². The minimum atomic E-state index is -3.68. The summed E-state index contributed by atoms with van der Waals surface area (Å²) in [5, 5.41) is 2.89. The number of hydrogen-bond acceptors (Lipinski definition) is 6. The summed E-state index contributed by atoms with van der Waals surface area (Å²) in [5.74, 6) is -0.311. The summed E-state index contributed by atoms with van der Waals surface area (Å²) in [6.07, 6.45) is 1.62. The van der Waals surface area contributed by atoms with E-state index in [1.165, 1.54) is 23.5 Å². The van der Waals surface area contributed by atoms with Gasteiger partial charge in [0.25, 0.3) is 10.0 Å².